The summed E-state index contributed by atoms with van der Waals surface area (Å²) in [5.41, 5.74) is -2.93. The summed E-state index contributed by atoms with van der Waals surface area (Å²) in [6.07, 6.45) is 2.86. The number of nitrogens with one attached hydrogen (secondary N) is 1. The molecule has 1 aromatic carbocycles. The third kappa shape index (κ3) is 4.55. The number of rotatable bonds is 3. The number of carbonyl (C=O) groups is 1. The molecule has 1 amide bonds. The summed E-state index contributed by atoms with van der Waals surface area (Å²) in [5.74, 6) is -0.127. The van der Waals surface area contributed by atoms with Crippen molar-refractivity contribution in [3.05, 3.63) is 40.6 Å². The summed E-state index contributed by atoms with van der Waals surface area (Å²) in [5, 5.41) is 2.69. The Kier molecular flexibility index (Phi) is 5.36. The molecule has 1 aliphatic heterocycles. The predicted molar refractivity (Wildman–Crippen MR) is 90.1 cm³/mol. The van der Waals surface area contributed by atoms with Crippen LogP contribution in [0.3, 0.4) is 0 Å². The van der Waals surface area contributed by atoms with Crippen molar-refractivity contribution in [1.82, 2.24) is 5.32 Å². The lowest BCUT2D eigenvalue weighted by molar-refractivity contribution is -0.0522. The van der Waals surface area contributed by atoms with Crippen molar-refractivity contribution < 1.29 is 35.3 Å². The third-order valence-electron chi connectivity index (χ3n) is 4.52. The Morgan fingerprint density at radius 2 is 2.00 bits per heavy atom. The van der Waals surface area contributed by atoms with E-state index in [4.69, 9.17) is 4.74 Å². The number of cyclic esters (lactones) is 1. The zero-order valence-corrected chi connectivity index (χ0v) is 15.0. The van der Waals surface area contributed by atoms with Crippen LogP contribution in [0, 0.1) is 0 Å². The normalized spacial score (nSPS) is 21.1. The first-order valence-electron chi connectivity index (χ1n) is 8.40. The number of allylic oxidation sites excluding steroid dienone is 1. The smallest absolute Gasteiger partial charge is 0.450 e. The molecule has 6 nitrogen and oxygen atoms in total. The van der Waals surface area contributed by atoms with Crippen molar-refractivity contribution in [2.45, 2.75) is 37.1 Å². The van der Waals surface area contributed by atoms with E-state index in [1.54, 1.807) is 6.07 Å². The minimum Gasteiger partial charge on any atom is -0.450 e. The average Bonchev–Trinajstić information content (AvgIpc) is 2.57. The number of alkyl carbamates (subject to hydrolysis) is 1. The van der Waals surface area contributed by atoms with Gasteiger partial charge >= 0.3 is 21.7 Å². The number of carbonyl (C=O) groups excluding carboxylic acids is 1. The van der Waals surface area contributed by atoms with Gasteiger partial charge in [0.2, 0.25) is 0 Å². The Labute approximate surface area is 154 Å². The van der Waals surface area contributed by atoms with Crippen molar-refractivity contribution >= 4 is 22.3 Å². The van der Waals surface area contributed by atoms with E-state index in [9.17, 15) is 26.4 Å². The number of ether oxygens (including phenoxy) is 1. The van der Waals surface area contributed by atoms with Crippen molar-refractivity contribution in [3.8, 4) is 0 Å². The Hall–Kier alpha value is -2.23. The van der Waals surface area contributed by atoms with Crippen molar-refractivity contribution in [2.75, 3.05) is 13.2 Å². The molecular weight excluding hydrogens is 387 g/mol. The molecule has 2 aliphatic rings. The quantitative estimate of drug-likeness (QED) is 0.615. The van der Waals surface area contributed by atoms with Crippen LogP contribution in [-0.2, 0) is 25.5 Å². The van der Waals surface area contributed by atoms with E-state index in [1.807, 2.05) is 12.1 Å². The van der Waals surface area contributed by atoms with Gasteiger partial charge in [0.05, 0.1) is 6.61 Å². The summed E-state index contributed by atoms with van der Waals surface area (Å²) in [6.45, 7) is 0.788. The van der Waals surface area contributed by atoms with Crippen LogP contribution in [-0.4, -0.2) is 33.2 Å². The molecule has 1 aliphatic carbocycles. The first-order chi connectivity index (χ1) is 12.7. The molecule has 1 saturated heterocycles. The SMILES string of the molecule is O=C1NC[C@@H](c2ccc3c(c2)CCC(OS(=O)(=O)C(F)(F)F)=C3)CCCO1. The summed E-state index contributed by atoms with van der Waals surface area (Å²) in [6, 6.07) is 5.50. The fourth-order valence-corrected chi connectivity index (χ4v) is 3.64. The van der Waals surface area contributed by atoms with Gasteiger partial charge in [-0.1, -0.05) is 18.2 Å². The second-order valence-electron chi connectivity index (χ2n) is 6.41. The number of fused-ring (bicyclic) bond motifs is 1. The number of benzene rings is 1. The first kappa shape index (κ1) is 19.5. The van der Waals surface area contributed by atoms with Gasteiger partial charge < -0.3 is 14.2 Å². The minimum atomic E-state index is -5.66. The van der Waals surface area contributed by atoms with Crippen LogP contribution in [0.1, 0.15) is 41.9 Å². The molecule has 1 fully saturated rings. The van der Waals surface area contributed by atoms with Crippen LogP contribution >= 0.6 is 0 Å². The average molecular weight is 405 g/mol. The molecule has 1 aromatic rings. The van der Waals surface area contributed by atoms with Gasteiger partial charge in [0, 0.05) is 18.9 Å². The molecule has 3 rings (SSSR count). The van der Waals surface area contributed by atoms with Crippen molar-refractivity contribution in [1.29, 1.82) is 0 Å². The van der Waals surface area contributed by atoms with Crippen LogP contribution in [0.2, 0.25) is 0 Å². The van der Waals surface area contributed by atoms with E-state index < -0.39 is 21.7 Å². The monoisotopic (exact) mass is 405 g/mol. The van der Waals surface area contributed by atoms with Gasteiger partial charge in [-0.3, -0.25) is 0 Å². The van der Waals surface area contributed by atoms with Gasteiger partial charge in [-0.2, -0.15) is 21.6 Å². The minimum absolute atomic E-state index is 0.0566. The van der Waals surface area contributed by atoms with Crippen LogP contribution in [0.25, 0.3) is 6.08 Å². The molecular formula is C17H18F3NO5S. The summed E-state index contributed by atoms with van der Waals surface area (Å²) >= 11 is 0. The summed E-state index contributed by atoms with van der Waals surface area (Å²) in [7, 11) is -5.66. The van der Waals surface area contributed by atoms with Crippen LogP contribution in [0.5, 0.6) is 0 Å². The highest BCUT2D eigenvalue weighted by Crippen LogP contribution is 2.33. The molecule has 1 N–H and O–H groups in total. The van der Waals surface area contributed by atoms with E-state index in [-0.39, 0.29) is 18.1 Å². The number of halogens is 3. The lowest BCUT2D eigenvalue weighted by atomic mass is 9.88. The topological polar surface area (TPSA) is 81.7 Å². The van der Waals surface area contributed by atoms with Gasteiger partial charge in [0.15, 0.2) is 0 Å². The fourth-order valence-electron chi connectivity index (χ4n) is 3.13. The maximum Gasteiger partial charge on any atom is 0.534 e. The van der Waals surface area contributed by atoms with Gasteiger partial charge in [0.1, 0.15) is 5.76 Å². The number of amides is 1. The lowest BCUT2D eigenvalue weighted by Crippen LogP contribution is -2.31. The third-order valence-corrected chi connectivity index (χ3v) is 5.52. The number of hydrogen-bond acceptors (Lipinski definition) is 5. The van der Waals surface area contributed by atoms with Gasteiger partial charge in [-0.25, -0.2) is 4.79 Å². The molecule has 1 heterocycles. The second-order valence-corrected chi connectivity index (χ2v) is 7.95. The highest BCUT2D eigenvalue weighted by molar-refractivity contribution is 7.87. The largest absolute Gasteiger partial charge is 0.534 e. The summed E-state index contributed by atoms with van der Waals surface area (Å²) < 4.78 is 68.8. The van der Waals surface area contributed by atoms with Gasteiger partial charge in [-0.05, 0) is 42.0 Å². The number of aryl methyl sites for hydroxylation is 1. The number of hydrogen-bond donors (Lipinski definition) is 1. The van der Waals surface area contributed by atoms with Gasteiger partial charge in [-0.15, -0.1) is 0 Å². The second kappa shape index (κ2) is 7.41. The van der Waals surface area contributed by atoms with Crippen LogP contribution < -0.4 is 5.32 Å². The van der Waals surface area contributed by atoms with E-state index in [0.717, 1.165) is 24.0 Å². The maximum atomic E-state index is 12.5. The van der Waals surface area contributed by atoms with Gasteiger partial charge in [0.25, 0.3) is 0 Å². The Bertz CT molecular complexity index is 864. The van der Waals surface area contributed by atoms with E-state index in [1.165, 1.54) is 6.08 Å². The Morgan fingerprint density at radius 1 is 1.22 bits per heavy atom. The molecule has 0 radical (unpaired) electrons. The predicted octanol–water partition coefficient (Wildman–Crippen LogP) is 3.44. The molecule has 0 aromatic heterocycles. The molecule has 1 atom stereocenters. The lowest BCUT2D eigenvalue weighted by Gasteiger charge is -2.23. The van der Waals surface area contributed by atoms with Crippen LogP contribution in [0.15, 0.2) is 24.0 Å². The number of alkyl halides is 3. The van der Waals surface area contributed by atoms with E-state index >= 15 is 0 Å². The van der Waals surface area contributed by atoms with Crippen molar-refractivity contribution in [2.24, 2.45) is 0 Å². The molecule has 148 valence electrons. The fraction of sp³-hybridized carbons (Fsp3) is 0.471. The standard InChI is InChI=1S/C17H18F3NO5S/c18-17(19,20)27(23,24)26-15-6-5-11-8-12(3-4-13(11)9-15)14-2-1-7-25-16(22)21-10-14/h3-4,8-9,14H,1-2,5-7,10H2,(H,21,22)/t14-/m0/s1. The first-order valence-corrected chi connectivity index (χ1v) is 9.81. The maximum absolute atomic E-state index is 12.5. The summed E-state index contributed by atoms with van der Waals surface area (Å²) in [4.78, 5) is 11.4. The van der Waals surface area contributed by atoms with E-state index in [0.29, 0.717) is 25.1 Å². The molecule has 0 bridgehead atoms. The molecule has 0 unspecified atom stereocenters. The molecule has 27 heavy (non-hydrogen) atoms. The van der Waals surface area contributed by atoms with Crippen LogP contribution in [0.4, 0.5) is 18.0 Å². The highest BCUT2D eigenvalue weighted by Gasteiger charge is 2.48. The Balaban J connectivity index is 1.77. The molecule has 0 spiro atoms. The molecule has 0 saturated carbocycles. The zero-order chi connectivity index (χ0) is 19.7. The molecule has 10 heteroatoms. The zero-order valence-electron chi connectivity index (χ0n) is 14.2. The van der Waals surface area contributed by atoms with E-state index in [2.05, 4.69) is 9.50 Å². The Morgan fingerprint density at radius 3 is 2.74 bits per heavy atom. The van der Waals surface area contributed by atoms with Crippen molar-refractivity contribution in [3.63, 3.8) is 0 Å². The highest BCUT2D eigenvalue weighted by atomic mass is 32.2.